The summed E-state index contributed by atoms with van der Waals surface area (Å²) in [6.07, 6.45) is 1.86. The van der Waals surface area contributed by atoms with Crippen molar-refractivity contribution in [3.63, 3.8) is 0 Å². The molecule has 152 valence electrons. The summed E-state index contributed by atoms with van der Waals surface area (Å²) >= 11 is 0. The quantitative estimate of drug-likeness (QED) is 0.795. The van der Waals surface area contributed by atoms with Gasteiger partial charge in [0.1, 0.15) is 11.9 Å². The lowest BCUT2D eigenvalue weighted by molar-refractivity contribution is -0.142. The van der Waals surface area contributed by atoms with Gasteiger partial charge in [-0.3, -0.25) is 9.59 Å². The standard InChI is InChI=1S/C22H25N3O4/c1-14-17(15(2)29-23-14)8-9-20(26)24-11-10-22-19(24)12-21(27)25(22)13-18(28-22)16-6-4-3-5-7-16/h3-7,18-19H,8-13H2,1-2H3/t18-,19-,22+/m1/s1. The number of hydrogen-bond donors (Lipinski definition) is 0. The second kappa shape index (κ2) is 6.69. The molecular weight excluding hydrogens is 370 g/mol. The molecule has 3 aliphatic rings. The van der Waals surface area contributed by atoms with Crippen molar-refractivity contribution in [2.75, 3.05) is 13.1 Å². The minimum Gasteiger partial charge on any atom is -0.361 e. The molecular formula is C22H25N3O4. The van der Waals surface area contributed by atoms with E-state index in [1.807, 2.05) is 54.0 Å². The molecule has 0 bridgehead atoms. The Bertz CT molecular complexity index is 937. The van der Waals surface area contributed by atoms with E-state index < -0.39 is 5.72 Å². The molecule has 0 aliphatic carbocycles. The van der Waals surface area contributed by atoms with Gasteiger partial charge in [0, 0.05) is 24.9 Å². The lowest BCUT2D eigenvalue weighted by Crippen LogP contribution is -2.48. The first-order valence-electron chi connectivity index (χ1n) is 10.2. The molecule has 29 heavy (non-hydrogen) atoms. The number of aryl methyl sites for hydroxylation is 2. The minimum absolute atomic E-state index is 0.0632. The van der Waals surface area contributed by atoms with Crippen LogP contribution in [0.3, 0.4) is 0 Å². The van der Waals surface area contributed by atoms with Crippen molar-refractivity contribution in [2.45, 2.75) is 57.4 Å². The first kappa shape index (κ1) is 18.4. The van der Waals surface area contributed by atoms with Crippen molar-refractivity contribution in [2.24, 2.45) is 0 Å². The van der Waals surface area contributed by atoms with Gasteiger partial charge in [-0.05, 0) is 25.8 Å². The zero-order chi connectivity index (χ0) is 20.2. The van der Waals surface area contributed by atoms with Crippen LogP contribution in [0.15, 0.2) is 34.9 Å². The Morgan fingerprint density at radius 1 is 1.28 bits per heavy atom. The number of aromatic nitrogens is 1. The van der Waals surface area contributed by atoms with Gasteiger partial charge in [-0.2, -0.15) is 0 Å². The maximum atomic E-state index is 13.0. The highest BCUT2D eigenvalue weighted by Gasteiger charge is 2.64. The third-order valence-corrected chi connectivity index (χ3v) is 6.69. The Hall–Kier alpha value is -2.67. The minimum atomic E-state index is -0.670. The molecule has 1 aromatic heterocycles. The summed E-state index contributed by atoms with van der Waals surface area (Å²) in [6.45, 7) is 4.94. The van der Waals surface area contributed by atoms with E-state index in [4.69, 9.17) is 9.26 Å². The van der Waals surface area contributed by atoms with Gasteiger partial charge in [-0.15, -0.1) is 0 Å². The number of likely N-dealkylation sites (tertiary alicyclic amines) is 1. The molecule has 3 aliphatic heterocycles. The molecule has 2 amide bonds. The average molecular weight is 395 g/mol. The molecule has 0 radical (unpaired) electrons. The summed E-state index contributed by atoms with van der Waals surface area (Å²) in [5.41, 5.74) is 2.24. The van der Waals surface area contributed by atoms with Crippen LogP contribution < -0.4 is 0 Å². The topological polar surface area (TPSA) is 75.9 Å². The van der Waals surface area contributed by atoms with Crippen molar-refractivity contribution >= 4 is 11.8 Å². The van der Waals surface area contributed by atoms with E-state index >= 15 is 0 Å². The molecule has 0 N–H and O–H groups in total. The number of benzene rings is 1. The van der Waals surface area contributed by atoms with Crippen molar-refractivity contribution in [1.29, 1.82) is 0 Å². The van der Waals surface area contributed by atoms with Crippen molar-refractivity contribution in [1.82, 2.24) is 15.0 Å². The molecule has 1 aromatic carbocycles. The Morgan fingerprint density at radius 2 is 2.07 bits per heavy atom. The Labute approximate surface area is 169 Å². The van der Waals surface area contributed by atoms with Gasteiger partial charge in [0.2, 0.25) is 11.8 Å². The van der Waals surface area contributed by atoms with Crippen LogP contribution in [0.1, 0.15) is 47.9 Å². The summed E-state index contributed by atoms with van der Waals surface area (Å²) in [7, 11) is 0. The normalized spacial score (nSPS) is 28.1. The number of carbonyl (C=O) groups is 2. The van der Waals surface area contributed by atoms with E-state index in [9.17, 15) is 9.59 Å². The number of nitrogens with zero attached hydrogens (tertiary/aromatic N) is 3. The van der Waals surface area contributed by atoms with Crippen LogP contribution >= 0.6 is 0 Å². The summed E-state index contributed by atoms with van der Waals surface area (Å²) in [5, 5.41) is 3.96. The number of hydrogen-bond acceptors (Lipinski definition) is 5. The molecule has 2 aromatic rings. The zero-order valence-corrected chi connectivity index (χ0v) is 16.8. The number of amides is 2. The molecule has 4 heterocycles. The van der Waals surface area contributed by atoms with Gasteiger partial charge in [0.25, 0.3) is 0 Å². The van der Waals surface area contributed by atoms with E-state index in [1.54, 1.807) is 0 Å². The number of carbonyl (C=O) groups excluding carboxylic acids is 2. The molecule has 0 unspecified atom stereocenters. The van der Waals surface area contributed by atoms with E-state index in [0.717, 1.165) is 22.6 Å². The SMILES string of the molecule is Cc1noc(C)c1CCC(=O)N1CC[C@@]23O[C@@H](c4ccccc4)CN2C(=O)C[C@@H]13. The zero-order valence-electron chi connectivity index (χ0n) is 16.8. The predicted octanol–water partition coefficient (Wildman–Crippen LogP) is 2.53. The van der Waals surface area contributed by atoms with Crippen molar-refractivity contribution in [3.05, 3.63) is 52.9 Å². The molecule has 3 atom stereocenters. The van der Waals surface area contributed by atoms with Crippen LogP contribution in [0.25, 0.3) is 0 Å². The molecule has 1 spiro atoms. The number of rotatable bonds is 4. The average Bonchev–Trinajstić information content (AvgIpc) is 3.43. The third kappa shape index (κ3) is 2.79. The third-order valence-electron chi connectivity index (χ3n) is 6.69. The van der Waals surface area contributed by atoms with E-state index in [-0.39, 0.29) is 24.0 Å². The molecule has 0 saturated carbocycles. The van der Waals surface area contributed by atoms with Gasteiger partial charge in [0.05, 0.1) is 24.7 Å². The molecule has 3 fully saturated rings. The second-order valence-electron chi connectivity index (χ2n) is 8.23. The van der Waals surface area contributed by atoms with Crippen molar-refractivity contribution < 1.29 is 18.8 Å². The summed E-state index contributed by atoms with van der Waals surface area (Å²) < 4.78 is 11.7. The highest BCUT2D eigenvalue weighted by Crippen LogP contribution is 2.50. The fourth-order valence-corrected chi connectivity index (χ4v) is 5.20. The number of ether oxygens (including phenoxy) is 1. The lowest BCUT2D eigenvalue weighted by Gasteiger charge is -2.32. The Balaban J connectivity index is 1.33. The Morgan fingerprint density at radius 3 is 2.79 bits per heavy atom. The van der Waals surface area contributed by atoms with E-state index in [2.05, 4.69) is 5.16 Å². The van der Waals surface area contributed by atoms with Crippen LogP contribution in [0, 0.1) is 13.8 Å². The molecule has 3 saturated heterocycles. The summed E-state index contributed by atoms with van der Waals surface area (Å²) in [6, 6.07) is 9.80. The predicted molar refractivity (Wildman–Crippen MR) is 104 cm³/mol. The summed E-state index contributed by atoms with van der Waals surface area (Å²) in [4.78, 5) is 29.5. The largest absolute Gasteiger partial charge is 0.361 e. The fourth-order valence-electron chi connectivity index (χ4n) is 5.20. The van der Waals surface area contributed by atoms with E-state index in [1.165, 1.54) is 0 Å². The van der Waals surface area contributed by atoms with Crippen LogP contribution in [0.4, 0.5) is 0 Å². The molecule has 5 rings (SSSR count). The van der Waals surface area contributed by atoms with Gasteiger partial charge in [0.15, 0.2) is 5.72 Å². The molecule has 7 heteroatoms. The van der Waals surface area contributed by atoms with Crippen LogP contribution in [0.5, 0.6) is 0 Å². The van der Waals surface area contributed by atoms with Gasteiger partial charge >= 0.3 is 0 Å². The Kier molecular flexibility index (Phi) is 4.24. The van der Waals surface area contributed by atoms with Gasteiger partial charge < -0.3 is 19.1 Å². The monoisotopic (exact) mass is 395 g/mol. The summed E-state index contributed by atoms with van der Waals surface area (Å²) in [5.74, 6) is 0.908. The van der Waals surface area contributed by atoms with Crippen LogP contribution in [0.2, 0.25) is 0 Å². The van der Waals surface area contributed by atoms with Crippen LogP contribution in [-0.2, 0) is 20.7 Å². The molecule has 7 nitrogen and oxygen atoms in total. The van der Waals surface area contributed by atoms with E-state index in [0.29, 0.717) is 38.8 Å². The van der Waals surface area contributed by atoms with Crippen LogP contribution in [-0.4, -0.2) is 51.6 Å². The first-order valence-corrected chi connectivity index (χ1v) is 10.2. The highest BCUT2D eigenvalue weighted by molar-refractivity contribution is 5.85. The lowest BCUT2D eigenvalue weighted by atomic mass is 10.0. The maximum absolute atomic E-state index is 13.0. The van der Waals surface area contributed by atoms with Gasteiger partial charge in [-0.1, -0.05) is 35.5 Å². The smallest absolute Gasteiger partial charge is 0.227 e. The van der Waals surface area contributed by atoms with Crippen molar-refractivity contribution in [3.8, 4) is 0 Å². The highest BCUT2D eigenvalue weighted by atomic mass is 16.5. The second-order valence-corrected chi connectivity index (χ2v) is 8.23. The van der Waals surface area contributed by atoms with Gasteiger partial charge in [-0.25, -0.2) is 0 Å². The maximum Gasteiger partial charge on any atom is 0.227 e. The fraction of sp³-hybridized carbons (Fsp3) is 0.500. The first-order chi connectivity index (χ1) is 14.0.